The fraction of sp³-hybridized carbons (Fsp3) is 0.471. The fourth-order valence-electron chi connectivity index (χ4n) is 2.95. The van der Waals surface area contributed by atoms with Crippen LogP contribution in [0, 0.1) is 11.8 Å². The number of carbonyl (C=O) groups excluding carboxylic acids is 3. The fourth-order valence-corrected chi connectivity index (χ4v) is 3.76. The summed E-state index contributed by atoms with van der Waals surface area (Å²) in [7, 11) is -3.70. The van der Waals surface area contributed by atoms with Crippen molar-refractivity contribution in [2.45, 2.75) is 31.6 Å². The first-order valence-electron chi connectivity index (χ1n) is 7.86. The molecule has 1 aliphatic carbocycles. The molecule has 1 fully saturated rings. The van der Waals surface area contributed by atoms with Crippen molar-refractivity contribution in [3.05, 3.63) is 17.7 Å². The molecule has 1 aliphatic rings. The van der Waals surface area contributed by atoms with Gasteiger partial charge < -0.3 is 9.84 Å². The lowest BCUT2D eigenvalue weighted by Gasteiger charge is -2.23. The molecule has 0 aromatic heterocycles. The van der Waals surface area contributed by atoms with Crippen molar-refractivity contribution in [2.24, 2.45) is 11.8 Å². The molecule has 1 aromatic rings. The van der Waals surface area contributed by atoms with Crippen molar-refractivity contribution in [3.8, 4) is 11.5 Å². The highest BCUT2D eigenvalue weighted by Crippen LogP contribution is 2.38. The summed E-state index contributed by atoms with van der Waals surface area (Å²) in [5, 5.41) is 10.4. The summed E-state index contributed by atoms with van der Waals surface area (Å²) >= 11 is 0. The Morgan fingerprint density at radius 3 is 2.28 bits per heavy atom. The molecule has 0 atom stereocenters. The van der Waals surface area contributed by atoms with Crippen LogP contribution in [0.25, 0.3) is 0 Å². The molecule has 0 unspecified atom stereocenters. The summed E-state index contributed by atoms with van der Waals surface area (Å²) in [5.74, 6) is -4.41. The second kappa shape index (κ2) is 6.95. The first kappa shape index (κ1) is 19.1. The summed E-state index contributed by atoms with van der Waals surface area (Å²) in [6.07, 6.45) is 1.17. The Balaban J connectivity index is 2.53. The van der Waals surface area contributed by atoms with Crippen molar-refractivity contribution in [3.63, 3.8) is 0 Å². The number of Topliss-reactive ketones (excluding diaryl/α,β-unsaturated/α-hetero) is 3. The highest BCUT2D eigenvalue weighted by atomic mass is 32.2. The number of rotatable bonds is 5. The first-order chi connectivity index (χ1) is 11.6. The molecule has 2 rings (SSSR count). The van der Waals surface area contributed by atoms with E-state index >= 15 is 0 Å². The van der Waals surface area contributed by atoms with Crippen molar-refractivity contribution < 1.29 is 32.6 Å². The molecule has 25 heavy (non-hydrogen) atoms. The Morgan fingerprint density at radius 1 is 1.24 bits per heavy atom. The predicted molar refractivity (Wildman–Crippen MR) is 88.6 cm³/mol. The average molecular weight is 368 g/mol. The van der Waals surface area contributed by atoms with Gasteiger partial charge in [0.15, 0.2) is 38.7 Å². The summed E-state index contributed by atoms with van der Waals surface area (Å²) in [5.41, 5.74) is -0.294. The van der Waals surface area contributed by atoms with Gasteiger partial charge in [0.2, 0.25) is 0 Å². The Morgan fingerprint density at radius 2 is 1.80 bits per heavy atom. The van der Waals surface area contributed by atoms with Crippen LogP contribution >= 0.6 is 0 Å². The summed E-state index contributed by atoms with van der Waals surface area (Å²) in [4.78, 5) is 36.6. The van der Waals surface area contributed by atoms with Crippen LogP contribution in [-0.4, -0.2) is 43.7 Å². The number of phenols is 1. The number of hydrogen-bond donors (Lipinski definition) is 1. The van der Waals surface area contributed by atoms with Crippen molar-refractivity contribution in [1.82, 2.24) is 0 Å². The van der Waals surface area contributed by atoms with Gasteiger partial charge in [-0.25, -0.2) is 8.42 Å². The second-order valence-corrected chi connectivity index (χ2v) is 8.22. The smallest absolute Gasteiger partial charge is 0.184 e. The number of benzene rings is 1. The summed E-state index contributed by atoms with van der Waals surface area (Å²) in [6, 6.07) is 2.24. The number of carbonyl (C=O) groups is 3. The molecular formula is C17H20O7S. The third-order valence-corrected chi connectivity index (χ3v) is 5.17. The normalized spacial score (nSPS) is 21.2. The molecule has 0 heterocycles. The lowest BCUT2D eigenvalue weighted by atomic mass is 9.77. The molecule has 1 aromatic carbocycles. The van der Waals surface area contributed by atoms with Gasteiger partial charge in [0, 0.05) is 19.1 Å². The lowest BCUT2D eigenvalue weighted by Crippen LogP contribution is -2.38. The largest absolute Gasteiger partial charge is 0.504 e. The maximum absolute atomic E-state index is 12.7. The molecule has 0 bridgehead atoms. The van der Waals surface area contributed by atoms with Crippen LogP contribution in [0.5, 0.6) is 11.5 Å². The van der Waals surface area contributed by atoms with Gasteiger partial charge in [-0.3, -0.25) is 14.4 Å². The average Bonchev–Trinajstić information content (AvgIpc) is 2.46. The van der Waals surface area contributed by atoms with Gasteiger partial charge in [-0.2, -0.15) is 0 Å². The van der Waals surface area contributed by atoms with Crippen LogP contribution in [0.2, 0.25) is 0 Å². The van der Waals surface area contributed by atoms with E-state index in [9.17, 15) is 27.9 Å². The SMILES string of the molecule is CCOc1c(S(C)(=O)=O)ccc(C(=O)C2C(=O)CC(C)CC2=O)c1O. The quantitative estimate of drug-likeness (QED) is 0.619. The van der Waals surface area contributed by atoms with E-state index in [0.29, 0.717) is 0 Å². The molecule has 0 aliphatic heterocycles. The van der Waals surface area contributed by atoms with E-state index in [4.69, 9.17) is 4.74 Å². The van der Waals surface area contributed by atoms with Gasteiger partial charge in [-0.05, 0) is 25.0 Å². The number of hydrogen-bond acceptors (Lipinski definition) is 7. The molecule has 0 spiro atoms. The molecule has 0 saturated heterocycles. The molecule has 1 saturated carbocycles. The van der Waals surface area contributed by atoms with E-state index < -0.39 is 38.9 Å². The molecule has 0 radical (unpaired) electrons. The monoisotopic (exact) mass is 368 g/mol. The maximum Gasteiger partial charge on any atom is 0.184 e. The number of phenolic OH excluding ortho intramolecular Hbond substituents is 1. The van der Waals surface area contributed by atoms with Gasteiger partial charge in [0.1, 0.15) is 10.8 Å². The standard InChI is InChI=1S/C17H20O7S/c1-4-24-17-13(25(3,22)23)6-5-10(16(17)21)15(20)14-11(18)7-9(2)8-12(14)19/h5-6,9,14,21H,4,7-8H2,1-3H3. The third-order valence-electron chi connectivity index (χ3n) is 4.05. The van der Waals surface area contributed by atoms with E-state index in [2.05, 4.69) is 0 Å². The van der Waals surface area contributed by atoms with E-state index in [1.54, 1.807) is 13.8 Å². The van der Waals surface area contributed by atoms with Crippen LogP contribution in [0.15, 0.2) is 17.0 Å². The van der Waals surface area contributed by atoms with Crippen LogP contribution in [-0.2, 0) is 19.4 Å². The maximum atomic E-state index is 12.7. The Kier molecular flexibility index (Phi) is 5.31. The minimum atomic E-state index is -3.70. The van der Waals surface area contributed by atoms with Crippen LogP contribution in [0.3, 0.4) is 0 Å². The molecule has 7 nitrogen and oxygen atoms in total. The van der Waals surface area contributed by atoms with Crippen LogP contribution < -0.4 is 4.74 Å². The predicted octanol–water partition coefficient (Wildman–Crippen LogP) is 1.56. The third kappa shape index (κ3) is 3.73. The van der Waals surface area contributed by atoms with Crippen molar-refractivity contribution >= 4 is 27.2 Å². The number of ketones is 3. The van der Waals surface area contributed by atoms with Gasteiger partial charge in [0.05, 0.1) is 12.2 Å². The Labute approximate surface area is 145 Å². The Bertz CT molecular complexity index is 821. The number of sulfone groups is 1. The second-order valence-electron chi connectivity index (χ2n) is 6.24. The number of aromatic hydroxyl groups is 1. The number of ether oxygens (including phenoxy) is 1. The van der Waals surface area contributed by atoms with E-state index in [-0.39, 0.29) is 41.6 Å². The van der Waals surface area contributed by atoms with Gasteiger partial charge in [0.25, 0.3) is 0 Å². The molecule has 0 amide bonds. The Hall–Kier alpha value is -2.22. The van der Waals surface area contributed by atoms with Gasteiger partial charge in [-0.1, -0.05) is 6.92 Å². The van der Waals surface area contributed by atoms with Gasteiger partial charge >= 0.3 is 0 Å². The zero-order chi connectivity index (χ0) is 18.9. The highest BCUT2D eigenvalue weighted by molar-refractivity contribution is 7.90. The van der Waals surface area contributed by atoms with E-state index in [0.717, 1.165) is 18.4 Å². The van der Waals surface area contributed by atoms with E-state index in [1.807, 2.05) is 0 Å². The molecular weight excluding hydrogens is 348 g/mol. The van der Waals surface area contributed by atoms with Crippen LogP contribution in [0.1, 0.15) is 37.0 Å². The molecule has 8 heteroatoms. The minimum absolute atomic E-state index is 0.0620. The zero-order valence-corrected chi connectivity index (χ0v) is 15.1. The van der Waals surface area contributed by atoms with E-state index in [1.165, 1.54) is 0 Å². The zero-order valence-electron chi connectivity index (χ0n) is 14.2. The van der Waals surface area contributed by atoms with Crippen molar-refractivity contribution in [1.29, 1.82) is 0 Å². The topological polar surface area (TPSA) is 115 Å². The summed E-state index contributed by atoms with van der Waals surface area (Å²) in [6.45, 7) is 3.41. The molecule has 1 N–H and O–H groups in total. The minimum Gasteiger partial charge on any atom is -0.504 e. The van der Waals surface area contributed by atoms with Crippen molar-refractivity contribution in [2.75, 3.05) is 12.9 Å². The lowest BCUT2D eigenvalue weighted by molar-refractivity contribution is -0.134. The van der Waals surface area contributed by atoms with Crippen LogP contribution in [0.4, 0.5) is 0 Å². The van der Waals surface area contributed by atoms with Gasteiger partial charge in [-0.15, -0.1) is 0 Å². The summed E-state index contributed by atoms with van der Waals surface area (Å²) < 4.78 is 28.8. The first-order valence-corrected chi connectivity index (χ1v) is 9.75. The molecule has 136 valence electrons. The highest BCUT2D eigenvalue weighted by Gasteiger charge is 2.40.